The molecule has 0 unspecified atom stereocenters. The van der Waals surface area contributed by atoms with Crippen molar-refractivity contribution in [3.8, 4) is 11.5 Å². The van der Waals surface area contributed by atoms with Crippen molar-refractivity contribution in [1.82, 2.24) is 4.90 Å². The molecule has 0 aliphatic carbocycles. The quantitative estimate of drug-likeness (QED) is 0.812. The van der Waals surface area contributed by atoms with Gasteiger partial charge in [0.2, 0.25) is 5.91 Å². The Kier molecular flexibility index (Phi) is 5.83. The Morgan fingerprint density at radius 3 is 2.20 bits per heavy atom. The molecule has 0 fully saturated rings. The number of aliphatic carboxylic acids is 1. The van der Waals surface area contributed by atoms with Crippen LogP contribution in [0, 0.1) is 0 Å². The van der Waals surface area contributed by atoms with Gasteiger partial charge in [0.25, 0.3) is 0 Å². The van der Waals surface area contributed by atoms with Crippen LogP contribution in [-0.4, -0.2) is 49.7 Å². The van der Waals surface area contributed by atoms with Gasteiger partial charge in [-0.3, -0.25) is 9.59 Å². The van der Waals surface area contributed by atoms with Crippen LogP contribution < -0.4 is 9.47 Å². The summed E-state index contributed by atoms with van der Waals surface area (Å²) in [7, 11) is 4.63. The molecule has 6 nitrogen and oxygen atoms in total. The number of hydrogen-bond acceptors (Lipinski definition) is 4. The number of ether oxygens (including phenoxy) is 2. The first-order chi connectivity index (χ1) is 9.49. The third-order valence-electron chi connectivity index (χ3n) is 2.94. The average Bonchev–Trinajstić information content (AvgIpc) is 2.44. The van der Waals surface area contributed by atoms with E-state index < -0.39 is 5.97 Å². The Bertz CT molecular complexity index is 464. The van der Waals surface area contributed by atoms with E-state index in [9.17, 15) is 9.59 Å². The van der Waals surface area contributed by atoms with Gasteiger partial charge >= 0.3 is 5.97 Å². The number of carbonyl (C=O) groups excluding carboxylic acids is 1. The molecule has 1 rings (SSSR count). The second kappa shape index (κ2) is 7.37. The number of carboxylic acid groups (broad SMARTS) is 1. The molecule has 6 heteroatoms. The van der Waals surface area contributed by atoms with Gasteiger partial charge in [-0.25, -0.2) is 0 Å². The standard InChI is InChI=1S/C14H19NO5/c1-15(8-7-14(17)18)13(16)9-10-11(19-2)5-4-6-12(10)20-3/h4-6H,7-9H2,1-3H3,(H,17,18). The molecule has 1 aromatic carbocycles. The van der Waals surface area contributed by atoms with E-state index in [2.05, 4.69) is 0 Å². The largest absolute Gasteiger partial charge is 0.496 e. The number of carboxylic acids is 1. The molecule has 0 heterocycles. The predicted molar refractivity (Wildman–Crippen MR) is 73.1 cm³/mol. The second-order valence-electron chi connectivity index (χ2n) is 4.28. The number of methoxy groups -OCH3 is 2. The first-order valence-corrected chi connectivity index (χ1v) is 6.15. The minimum atomic E-state index is -0.931. The van der Waals surface area contributed by atoms with Gasteiger partial charge in [0, 0.05) is 19.2 Å². The SMILES string of the molecule is COc1cccc(OC)c1CC(=O)N(C)CCC(=O)O. The zero-order chi connectivity index (χ0) is 15.1. The fourth-order valence-electron chi connectivity index (χ4n) is 1.78. The molecule has 0 aliphatic heterocycles. The molecule has 110 valence electrons. The topological polar surface area (TPSA) is 76.1 Å². The predicted octanol–water partition coefficient (Wildman–Crippen LogP) is 1.18. The van der Waals surface area contributed by atoms with Gasteiger partial charge in [0.1, 0.15) is 11.5 Å². The van der Waals surface area contributed by atoms with Gasteiger partial charge in [-0.2, -0.15) is 0 Å². The molecule has 20 heavy (non-hydrogen) atoms. The molecule has 1 aromatic rings. The molecule has 1 amide bonds. The van der Waals surface area contributed by atoms with Crippen LogP contribution in [0.2, 0.25) is 0 Å². The van der Waals surface area contributed by atoms with Crippen molar-refractivity contribution < 1.29 is 24.2 Å². The Hall–Kier alpha value is -2.24. The van der Waals surface area contributed by atoms with Crippen LogP contribution in [0.25, 0.3) is 0 Å². The van der Waals surface area contributed by atoms with Crippen molar-refractivity contribution in [1.29, 1.82) is 0 Å². The van der Waals surface area contributed by atoms with Crippen LogP contribution in [-0.2, 0) is 16.0 Å². The molecular weight excluding hydrogens is 262 g/mol. The number of benzene rings is 1. The van der Waals surface area contributed by atoms with Crippen LogP contribution >= 0.6 is 0 Å². The van der Waals surface area contributed by atoms with Crippen molar-refractivity contribution in [2.24, 2.45) is 0 Å². The smallest absolute Gasteiger partial charge is 0.305 e. The zero-order valence-corrected chi connectivity index (χ0v) is 11.9. The van der Waals surface area contributed by atoms with E-state index in [-0.39, 0.29) is 25.3 Å². The summed E-state index contributed by atoms with van der Waals surface area (Å²) in [4.78, 5) is 24.0. The Morgan fingerprint density at radius 2 is 1.75 bits per heavy atom. The molecule has 1 N–H and O–H groups in total. The van der Waals surface area contributed by atoms with Crippen molar-refractivity contribution in [2.45, 2.75) is 12.8 Å². The van der Waals surface area contributed by atoms with Gasteiger partial charge < -0.3 is 19.5 Å². The van der Waals surface area contributed by atoms with Crippen LogP contribution in [0.5, 0.6) is 11.5 Å². The van der Waals surface area contributed by atoms with E-state index in [0.717, 1.165) is 0 Å². The maximum absolute atomic E-state index is 12.1. The van der Waals surface area contributed by atoms with E-state index >= 15 is 0 Å². The van der Waals surface area contributed by atoms with Crippen LogP contribution in [0.3, 0.4) is 0 Å². The van der Waals surface area contributed by atoms with Gasteiger partial charge in [-0.05, 0) is 12.1 Å². The second-order valence-corrected chi connectivity index (χ2v) is 4.28. The summed E-state index contributed by atoms with van der Waals surface area (Å²) in [5.41, 5.74) is 0.657. The molecule has 0 saturated carbocycles. The Morgan fingerprint density at radius 1 is 1.20 bits per heavy atom. The summed E-state index contributed by atoms with van der Waals surface area (Å²) in [6, 6.07) is 5.28. The third kappa shape index (κ3) is 4.15. The van der Waals surface area contributed by atoms with E-state index in [1.807, 2.05) is 0 Å². The molecule has 0 bridgehead atoms. The first kappa shape index (κ1) is 15.8. The highest BCUT2D eigenvalue weighted by Gasteiger charge is 2.17. The monoisotopic (exact) mass is 281 g/mol. The third-order valence-corrected chi connectivity index (χ3v) is 2.94. The fourth-order valence-corrected chi connectivity index (χ4v) is 1.78. The van der Waals surface area contributed by atoms with Crippen LogP contribution in [0.4, 0.5) is 0 Å². The molecule has 0 aliphatic rings. The highest BCUT2D eigenvalue weighted by molar-refractivity contribution is 5.80. The van der Waals surface area contributed by atoms with E-state index in [1.165, 1.54) is 19.1 Å². The highest BCUT2D eigenvalue weighted by Crippen LogP contribution is 2.28. The lowest BCUT2D eigenvalue weighted by Gasteiger charge is -2.18. The lowest BCUT2D eigenvalue weighted by molar-refractivity contribution is -0.138. The summed E-state index contributed by atoms with van der Waals surface area (Å²) in [5, 5.41) is 8.62. The molecule has 0 aromatic heterocycles. The minimum Gasteiger partial charge on any atom is -0.496 e. The van der Waals surface area contributed by atoms with E-state index in [4.69, 9.17) is 14.6 Å². The average molecular weight is 281 g/mol. The fraction of sp³-hybridized carbons (Fsp3) is 0.429. The van der Waals surface area contributed by atoms with Gasteiger partial charge in [0.05, 0.1) is 27.1 Å². The molecule has 0 spiro atoms. The summed E-state index contributed by atoms with van der Waals surface area (Å²) >= 11 is 0. The normalized spacial score (nSPS) is 9.95. The summed E-state index contributed by atoms with van der Waals surface area (Å²) in [6.45, 7) is 0.172. The van der Waals surface area contributed by atoms with Crippen molar-refractivity contribution >= 4 is 11.9 Å². The minimum absolute atomic E-state index is 0.0781. The number of nitrogens with zero attached hydrogens (tertiary/aromatic N) is 1. The summed E-state index contributed by atoms with van der Waals surface area (Å²) in [5.74, 6) is 0.0299. The van der Waals surface area contributed by atoms with Crippen molar-refractivity contribution in [2.75, 3.05) is 27.8 Å². The zero-order valence-electron chi connectivity index (χ0n) is 11.9. The highest BCUT2D eigenvalue weighted by atomic mass is 16.5. The van der Waals surface area contributed by atoms with Gasteiger partial charge in [-0.1, -0.05) is 6.07 Å². The lowest BCUT2D eigenvalue weighted by Crippen LogP contribution is -2.30. The number of hydrogen-bond donors (Lipinski definition) is 1. The molecule has 0 atom stereocenters. The molecule has 0 radical (unpaired) electrons. The molecule has 0 saturated heterocycles. The van der Waals surface area contributed by atoms with E-state index in [1.54, 1.807) is 25.2 Å². The molecular formula is C14H19NO5. The number of amides is 1. The summed E-state index contributed by atoms with van der Waals surface area (Å²) in [6.07, 6.45) is 0.0224. The summed E-state index contributed by atoms with van der Waals surface area (Å²) < 4.78 is 10.4. The van der Waals surface area contributed by atoms with Crippen LogP contribution in [0.1, 0.15) is 12.0 Å². The Labute approximate surface area is 117 Å². The van der Waals surface area contributed by atoms with Crippen LogP contribution in [0.15, 0.2) is 18.2 Å². The number of carbonyl (C=O) groups is 2. The van der Waals surface area contributed by atoms with Gasteiger partial charge in [-0.15, -0.1) is 0 Å². The number of likely N-dealkylation sites (N-methyl/N-ethyl adjacent to an activating group) is 1. The van der Waals surface area contributed by atoms with Crippen molar-refractivity contribution in [3.63, 3.8) is 0 Å². The maximum atomic E-state index is 12.1. The van der Waals surface area contributed by atoms with E-state index in [0.29, 0.717) is 17.1 Å². The first-order valence-electron chi connectivity index (χ1n) is 6.15. The Balaban J connectivity index is 2.81. The van der Waals surface area contributed by atoms with Gasteiger partial charge in [0.15, 0.2) is 0 Å². The number of rotatable bonds is 7. The lowest BCUT2D eigenvalue weighted by atomic mass is 10.1. The van der Waals surface area contributed by atoms with Crippen molar-refractivity contribution in [3.05, 3.63) is 23.8 Å². The maximum Gasteiger partial charge on any atom is 0.305 e.